The van der Waals surface area contributed by atoms with Gasteiger partial charge in [-0.25, -0.2) is 4.39 Å². The number of H-pyrrole nitrogens is 1. The second-order valence-electron chi connectivity index (χ2n) is 6.63. The van der Waals surface area contributed by atoms with Gasteiger partial charge in [-0.05, 0) is 43.9 Å². The maximum atomic E-state index is 13.5. The van der Waals surface area contributed by atoms with Crippen molar-refractivity contribution in [2.45, 2.75) is 37.8 Å². The number of hydrogen-bond acceptors (Lipinski definition) is 3. The number of aromatic nitrogens is 4. The highest BCUT2D eigenvalue weighted by atomic mass is 19.1. The Labute approximate surface area is 150 Å². The molecule has 2 N–H and O–H groups in total. The molecular formula is C19H20FN5O. The highest BCUT2D eigenvalue weighted by Crippen LogP contribution is 2.28. The quantitative estimate of drug-likeness (QED) is 0.755. The Kier molecular flexibility index (Phi) is 4.51. The molecule has 1 aliphatic rings. The molecule has 2 aromatic heterocycles. The monoisotopic (exact) mass is 353 g/mol. The average Bonchev–Trinajstić information content (AvgIpc) is 3.34. The van der Waals surface area contributed by atoms with Crippen LogP contribution in [0, 0.1) is 5.82 Å². The number of amides is 1. The van der Waals surface area contributed by atoms with Crippen LogP contribution in [0.25, 0.3) is 11.3 Å². The molecule has 0 saturated heterocycles. The Hall–Kier alpha value is -2.96. The first kappa shape index (κ1) is 16.5. The summed E-state index contributed by atoms with van der Waals surface area (Å²) in [5.41, 5.74) is 1.58. The van der Waals surface area contributed by atoms with Crippen molar-refractivity contribution in [1.29, 1.82) is 0 Å². The van der Waals surface area contributed by atoms with Crippen LogP contribution < -0.4 is 5.32 Å². The fourth-order valence-electron chi connectivity index (χ4n) is 3.57. The third-order valence-electron chi connectivity index (χ3n) is 4.93. The van der Waals surface area contributed by atoms with Crippen LogP contribution in [-0.4, -0.2) is 31.9 Å². The molecule has 0 spiro atoms. The third-order valence-corrected chi connectivity index (χ3v) is 4.93. The van der Waals surface area contributed by atoms with E-state index in [4.69, 9.17) is 0 Å². The van der Waals surface area contributed by atoms with Gasteiger partial charge in [0.1, 0.15) is 5.82 Å². The lowest BCUT2D eigenvalue weighted by molar-refractivity contribution is 0.0922. The van der Waals surface area contributed by atoms with Crippen LogP contribution in [0.5, 0.6) is 0 Å². The van der Waals surface area contributed by atoms with Gasteiger partial charge in [0.05, 0.1) is 23.5 Å². The van der Waals surface area contributed by atoms with Crippen LogP contribution in [0.15, 0.2) is 48.9 Å². The third kappa shape index (κ3) is 3.37. The Bertz CT molecular complexity index is 881. The molecule has 2 heterocycles. The molecule has 6 nitrogen and oxygen atoms in total. The summed E-state index contributed by atoms with van der Waals surface area (Å²) in [7, 11) is 0. The summed E-state index contributed by atoms with van der Waals surface area (Å²) < 4.78 is 15.5. The van der Waals surface area contributed by atoms with Gasteiger partial charge in [-0.2, -0.15) is 10.2 Å². The zero-order valence-electron chi connectivity index (χ0n) is 14.2. The van der Waals surface area contributed by atoms with Crippen molar-refractivity contribution in [3.05, 3.63) is 60.3 Å². The van der Waals surface area contributed by atoms with E-state index in [0.29, 0.717) is 22.9 Å². The summed E-state index contributed by atoms with van der Waals surface area (Å²) in [6.07, 6.45) is 9.04. The standard InChI is InChI=1S/C19H20FN5O/c20-14-4-1-3-13(11-14)18-17(12-21-24-18)19(26)23-15-5-7-16(8-6-15)25-10-2-9-22-25/h1-4,9-12,15-16H,5-8H2,(H,21,24)(H,23,26). The van der Waals surface area contributed by atoms with Crippen molar-refractivity contribution in [1.82, 2.24) is 25.3 Å². The molecule has 0 unspecified atom stereocenters. The Morgan fingerprint density at radius 3 is 2.81 bits per heavy atom. The van der Waals surface area contributed by atoms with Gasteiger partial charge < -0.3 is 5.32 Å². The van der Waals surface area contributed by atoms with Gasteiger partial charge in [-0.15, -0.1) is 0 Å². The van der Waals surface area contributed by atoms with E-state index in [1.807, 2.05) is 16.9 Å². The second kappa shape index (κ2) is 7.11. The Balaban J connectivity index is 1.41. The van der Waals surface area contributed by atoms with Gasteiger partial charge in [0, 0.05) is 24.0 Å². The minimum Gasteiger partial charge on any atom is -0.349 e. The van der Waals surface area contributed by atoms with Crippen LogP contribution in [-0.2, 0) is 0 Å². The molecule has 3 aromatic rings. The van der Waals surface area contributed by atoms with E-state index in [2.05, 4.69) is 20.6 Å². The average molecular weight is 353 g/mol. The summed E-state index contributed by atoms with van der Waals surface area (Å²) in [5, 5.41) is 14.2. The van der Waals surface area contributed by atoms with E-state index >= 15 is 0 Å². The molecule has 7 heteroatoms. The fourth-order valence-corrected chi connectivity index (χ4v) is 3.57. The summed E-state index contributed by atoms with van der Waals surface area (Å²) >= 11 is 0. The molecule has 0 atom stereocenters. The van der Waals surface area contributed by atoms with E-state index in [1.54, 1.807) is 18.3 Å². The molecule has 1 saturated carbocycles. The fraction of sp³-hybridized carbons (Fsp3) is 0.316. The number of rotatable bonds is 4. The number of carbonyl (C=O) groups excluding carboxylic acids is 1. The van der Waals surface area contributed by atoms with E-state index in [0.717, 1.165) is 25.7 Å². The van der Waals surface area contributed by atoms with Gasteiger partial charge in [0.15, 0.2) is 0 Å². The van der Waals surface area contributed by atoms with Crippen LogP contribution in [0.2, 0.25) is 0 Å². The first-order valence-corrected chi connectivity index (χ1v) is 8.80. The zero-order valence-corrected chi connectivity index (χ0v) is 14.2. The Morgan fingerprint density at radius 2 is 2.08 bits per heavy atom. The van der Waals surface area contributed by atoms with E-state index < -0.39 is 0 Å². The molecule has 4 rings (SSSR count). The number of benzene rings is 1. The van der Waals surface area contributed by atoms with Crippen molar-refractivity contribution in [3.63, 3.8) is 0 Å². The first-order chi connectivity index (χ1) is 12.7. The molecule has 1 amide bonds. The summed E-state index contributed by atoms with van der Waals surface area (Å²) in [6.45, 7) is 0. The smallest absolute Gasteiger partial charge is 0.255 e. The molecule has 26 heavy (non-hydrogen) atoms. The minimum absolute atomic E-state index is 0.129. The van der Waals surface area contributed by atoms with Gasteiger partial charge >= 0.3 is 0 Å². The number of hydrogen-bond donors (Lipinski definition) is 2. The van der Waals surface area contributed by atoms with Crippen LogP contribution >= 0.6 is 0 Å². The van der Waals surface area contributed by atoms with Crippen molar-refractivity contribution in [3.8, 4) is 11.3 Å². The maximum Gasteiger partial charge on any atom is 0.255 e. The van der Waals surface area contributed by atoms with Crippen molar-refractivity contribution < 1.29 is 9.18 Å². The van der Waals surface area contributed by atoms with E-state index in [1.165, 1.54) is 18.3 Å². The molecule has 1 fully saturated rings. The van der Waals surface area contributed by atoms with Crippen LogP contribution in [0.4, 0.5) is 4.39 Å². The lowest BCUT2D eigenvalue weighted by Gasteiger charge is -2.29. The lowest BCUT2D eigenvalue weighted by atomic mass is 9.91. The topological polar surface area (TPSA) is 75.6 Å². The summed E-state index contributed by atoms with van der Waals surface area (Å²) in [4.78, 5) is 12.7. The normalized spacial score (nSPS) is 20.0. The van der Waals surface area contributed by atoms with Crippen LogP contribution in [0.3, 0.4) is 0 Å². The van der Waals surface area contributed by atoms with Crippen LogP contribution in [0.1, 0.15) is 42.1 Å². The van der Waals surface area contributed by atoms with E-state index in [-0.39, 0.29) is 17.8 Å². The minimum atomic E-state index is -0.347. The lowest BCUT2D eigenvalue weighted by Crippen LogP contribution is -2.38. The van der Waals surface area contributed by atoms with E-state index in [9.17, 15) is 9.18 Å². The molecule has 0 bridgehead atoms. The number of nitrogens with one attached hydrogen (secondary N) is 2. The number of aromatic amines is 1. The predicted octanol–water partition coefficient (Wildman–Crippen LogP) is 3.33. The number of carbonyl (C=O) groups is 1. The highest BCUT2D eigenvalue weighted by molar-refractivity contribution is 5.99. The molecule has 1 aromatic carbocycles. The van der Waals surface area contributed by atoms with Gasteiger partial charge in [-0.1, -0.05) is 12.1 Å². The van der Waals surface area contributed by atoms with Crippen molar-refractivity contribution in [2.24, 2.45) is 0 Å². The molecular weight excluding hydrogens is 333 g/mol. The molecule has 0 radical (unpaired) electrons. The second-order valence-corrected chi connectivity index (χ2v) is 6.63. The predicted molar refractivity (Wildman–Crippen MR) is 95.0 cm³/mol. The molecule has 0 aliphatic heterocycles. The van der Waals surface area contributed by atoms with Gasteiger partial charge in [0.25, 0.3) is 5.91 Å². The van der Waals surface area contributed by atoms with Crippen molar-refractivity contribution in [2.75, 3.05) is 0 Å². The summed E-state index contributed by atoms with van der Waals surface area (Å²) in [6, 6.07) is 8.59. The summed E-state index contributed by atoms with van der Waals surface area (Å²) in [5.74, 6) is -0.527. The first-order valence-electron chi connectivity index (χ1n) is 8.80. The van der Waals surface area contributed by atoms with Crippen molar-refractivity contribution >= 4 is 5.91 Å². The number of halogens is 1. The molecule has 1 aliphatic carbocycles. The highest BCUT2D eigenvalue weighted by Gasteiger charge is 2.25. The number of nitrogens with zero attached hydrogens (tertiary/aromatic N) is 3. The Morgan fingerprint density at radius 1 is 1.23 bits per heavy atom. The maximum absolute atomic E-state index is 13.5. The molecule has 134 valence electrons. The van der Waals surface area contributed by atoms with Gasteiger partial charge in [-0.3, -0.25) is 14.6 Å². The largest absolute Gasteiger partial charge is 0.349 e. The SMILES string of the molecule is O=C(NC1CCC(n2cccn2)CC1)c1cn[nH]c1-c1cccc(F)c1. The zero-order chi connectivity index (χ0) is 17.9. The van der Waals surface area contributed by atoms with Gasteiger partial charge in [0.2, 0.25) is 0 Å².